The van der Waals surface area contributed by atoms with Crippen molar-refractivity contribution in [2.75, 3.05) is 18.4 Å². The number of amides is 3. The van der Waals surface area contributed by atoms with Gasteiger partial charge in [-0.3, -0.25) is 4.79 Å². The van der Waals surface area contributed by atoms with Crippen molar-refractivity contribution in [2.45, 2.75) is 31.7 Å². The summed E-state index contributed by atoms with van der Waals surface area (Å²) in [6.07, 6.45) is 2.72. The summed E-state index contributed by atoms with van der Waals surface area (Å²) in [5, 5.41) is 6.07. The largest absolute Gasteiger partial charge is 0.457 e. The van der Waals surface area contributed by atoms with Crippen molar-refractivity contribution < 1.29 is 14.3 Å². The summed E-state index contributed by atoms with van der Waals surface area (Å²) in [5.41, 5.74) is 1.85. The molecule has 0 spiro atoms. The first-order chi connectivity index (χ1) is 16.2. The molecule has 1 heterocycles. The Morgan fingerprint density at radius 2 is 1.52 bits per heavy atom. The van der Waals surface area contributed by atoms with E-state index in [0.717, 1.165) is 30.6 Å². The lowest BCUT2D eigenvalue weighted by Gasteiger charge is -2.32. The van der Waals surface area contributed by atoms with Crippen LogP contribution in [0.1, 0.15) is 24.8 Å². The van der Waals surface area contributed by atoms with Crippen LogP contribution in [0.4, 0.5) is 10.5 Å². The normalized spacial score (nSPS) is 13.9. The second kappa shape index (κ2) is 11.2. The van der Waals surface area contributed by atoms with Crippen LogP contribution in [-0.4, -0.2) is 36.0 Å². The summed E-state index contributed by atoms with van der Waals surface area (Å²) >= 11 is 0. The Kier molecular flexibility index (Phi) is 7.59. The van der Waals surface area contributed by atoms with Crippen molar-refractivity contribution in [3.8, 4) is 11.5 Å². The van der Waals surface area contributed by atoms with Gasteiger partial charge in [0.25, 0.3) is 0 Å². The van der Waals surface area contributed by atoms with E-state index < -0.39 is 0 Å². The first-order valence-electron chi connectivity index (χ1n) is 11.4. The van der Waals surface area contributed by atoms with Gasteiger partial charge in [0.2, 0.25) is 5.91 Å². The molecule has 6 nitrogen and oxygen atoms in total. The van der Waals surface area contributed by atoms with Gasteiger partial charge in [-0.1, -0.05) is 54.6 Å². The lowest BCUT2D eigenvalue weighted by molar-refractivity contribution is -0.122. The van der Waals surface area contributed by atoms with Gasteiger partial charge in [-0.05, 0) is 49.1 Å². The van der Waals surface area contributed by atoms with Crippen LogP contribution in [0.15, 0.2) is 84.9 Å². The Morgan fingerprint density at radius 1 is 0.848 bits per heavy atom. The predicted molar refractivity (Wildman–Crippen MR) is 129 cm³/mol. The average Bonchev–Trinajstić information content (AvgIpc) is 2.85. The minimum atomic E-state index is -0.138. The van der Waals surface area contributed by atoms with Crippen LogP contribution in [0.25, 0.3) is 0 Å². The van der Waals surface area contributed by atoms with Gasteiger partial charge in [0, 0.05) is 37.3 Å². The van der Waals surface area contributed by atoms with E-state index in [9.17, 15) is 9.59 Å². The summed E-state index contributed by atoms with van der Waals surface area (Å²) in [7, 11) is 0. The molecule has 1 aliphatic heterocycles. The van der Waals surface area contributed by atoms with Crippen molar-refractivity contribution >= 4 is 17.6 Å². The van der Waals surface area contributed by atoms with E-state index in [1.54, 1.807) is 4.90 Å². The number of para-hydroxylation sites is 1. The number of nitrogens with one attached hydrogen (secondary N) is 2. The van der Waals surface area contributed by atoms with Gasteiger partial charge in [-0.25, -0.2) is 4.79 Å². The molecule has 1 saturated heterocycles. The molecule has 0 atom stereocenters. The van der Waals surface area contributed by atoms with Crippen molar-refractivity contribution in [2.24, 2.45) is 0 Å². The summed E-state index contributed by atoms with van der Waals surface area (Å²) < 4.78 is 5.84. The Hall–Kier alpha value is -3.80. The third-order valence-corrected chi connectivity index (χ3v) is 5.70. The third-order valence-electron chi connectivity index (χ3n) is 5.70. The Bertz CT molecular complexity index is 1050. The van der Waals surface area contributed by atoms with Crippen LogP contribution in [0.5, 0.6) is 11.5 Å². The zero-order valence-electron chi connectivity index (χ0n) is 18.6. The minimum absolute atomic E-state index is 0.0667. The molecule has 1 aliphatic rings. The molecule has 1 fully saturated rings. The molecule has 0 bridgehead atoms. The van der Waals surface area contributed by atoms with E-state index in [2.05, 4.69) is 10.6 Å². The first kappa shape index (κ1) is 22.4. The highest BCUT2D eigenvalue weighted by Gasteiger charge is 2.24. The maximum Gasteiger partial charge on any atom is 0.321 e. The van der Waals surface area contributed by atoms with Gasteiger partial charge in [0.05, 0.1) is 0 Å². The number of carbonyl (C=O) groups is 2. The van der Waals surface area contributed by atoms with E-state index in [1.165, 1.54) is 0 Å². The second-order valence-corrected chi connectivity index (χ2v) is 8.19. The standard InChI is InChI=1S/C27H29N3O3/c31-26(15-14-21-8-3-1-4-9-21)28-22-16-18-30(19-17-22)27(32)29-23-10-7-13-25(20-23)33-24-11-5-2-6-12-24/h1-13,20,22H,14-19H2,(H,28,31)(H,29,32). The second-order valence-electron chi connectivity index (χ2n) is 8.19. The number of hydrogen-bond donors (Lipinski definition) is 2. The van der Waals surface area contributed by atoms with E-state index in [-0.39, 0.29) is 18.0 Å². The summed E-state index contributed by atoms with van der Waals surface area (Å²) in [6.45, 7) is 1.21. The number of urea groups is 1. The molecule has 33 heavy (non-hydrogen) atoms. The quantitative estimate of drug-likeness (QED) is 0.526. The van der Waals surface area contributed by atoms with Crippen LogP contribution in [-0.2, 0) is 11.2 Å². The molecular formula is C27H29N3O3. The molecule has 0 saturated carbocycles. The Labute approximate surface area is 194 Å². The zero-order chi connectivity index (χ0) is 22.9. The highest BCUT2D eigenvalue weighted by molar-refractivity contribution is 5.89. The number of likely N-dealkylation sites (tertiary alicyclic amines) is 1. The lowest BCUT2D eigenvalue weighted by atomic mass is 10.0. The van der Waals surface area contributed by atoms with Crippen LogP contribution in [0, 0.1) is 0 Å². The molecule has 3 aromatic rings. The molecule has 3 amide bonds. The molecular weight excluding hydrogens is 414 g/mol. The van der Waals surface area contributed by atoms with E-state index in [0.29, 0.717) is 30.9 Å². The fourth-order valence-electron chi connectivity index (χ4n) is 3.89. The molecule has 0 radical (unpaired) electrons. The number of piperidine rings is 1. The van der Waals surface area contributed by atoms with Crippen LogP contribution >= 0.6 is 0 Å². The number of aryl methyl sites for hydroxylation is 1. The maximum atomic E-state index is 12.7. The zero-order valence-corrected chi connectivity index (χ0v) is 18.6. The van der Waals surface area contributed by atoms with Gasteiger partial charge in [0.1, 0.15) is 11.5 Å². The number of anilines is 1. The first-order valence-corrected chi connectivity index (χ1v) is 11.4. The van der Waals surface area contributed by atoms with Crippen LogP contribution in [0.3, 0.4) is 0 Å². The molecule has 0 unspecified atom stereocenters. The van der Waals surface area contributed by atoms with Crippen LogP contribution in [0.2, 0.25) is 0 Å². The molecule has 2 N–H and O–H groups in total. The number of benzene rings is 3. The molecule has 6 heteroatoms. The molecule has 0 aromatic heterocycles. The van der Waals surface area contributed by atoms with Gasteiger partial charge >= 0.3 is 6.03 Å². The van der Waals surface area contributed by atoms with Gasteiger partial charge < -0.3 is 20.3 Å². The van der Waals surface area contributed by atoms with Crippen molar-refractivity contribution in [3.63, 3.8) is 0 Å². The molecule has 0 aliphatic carbocycles. The van der Waals surface area contributed by atoms with Crippen molar-refractivity contribution in [3.05, 3.63) is 90.5 Å². The number of nitrogens with zero attached hydrogens (tertiary/aromatic N) is 1. The van der Waals surface area contributed by atoms with Gasteiger partial charge in [-0.2, -0.15) is 0 Å². The maximum absolute atomic E-state index is 12.7. The van der Waals surface area contributed by atoms with Gasteiger partial charge in [0.15, 0.2) is 0 Å². The van der Waals surface area contributed by atoms with E-state index in [4.69, 9.17) is 4.74 Å². The molecule has 3 aromatic carbocycles. The fourth-order valence-corrected chi connectivity index (χ4v) is 3.89. The van der Waals surface area contributed by atoms with Crippen molar-refractivity contribution in [1.29, 1.82) is 0 Å². The molecule has 4 rings (SSSR count). The predicted octanol–water partition coefficient (Wildman–Crippen LogP) is 5.22. The summed E-state index contributed by atoms with van der Waals surface area (Å²) in [6, 6.07) is 26.9. The number of carbonyl (C=O) groups excluding carboxylic acids is 2. The number of ether oxygens (including phenoxy) is 1. The van der Waals surface area contributed by atoms with Crippen LogP contribution < -0.4 is 15.4 Å². The SMILES string of the molecule is O=C(CCc1ccccc1)NC1CCN(C(=O)Nc2cccc(Oc3ccccc3)c2)CC1. The fraction of sp³-hybridized carbons (Fsp3) is 0.259. The highest BCUT2D eigenvalue weighted by Crippen LogP contribution is 2.24. The highest BCUT2D eigenvalue weighted by atomic mass is 16.5. The van der Waals surface area contributed by atoms with E-state index in [1.807, 2.05) is 84.9 Å². The topological polar surface area (TPSA) is 70.7 Å². The van der Waals surface area contributed by atoms with E-state index >= 15 is 0 Å². The monoisotopic (exact) mass is 443 g/mol. The minimum Gasteiger partial charge on any atom is -0.457 e. The Balaban J connectivity index is 1.21. The smallest absolute Gasteiger partial charge is 0.321 e. The summed E-state index contributed by atoms with van der Waals surface area (Å²) in [4.78, 5) is 26.8. The molecule has 170 valence electrons. The number of hydrogen-bond acceptors (Lipinski definition) is 3. The van der Waals surface area contributed by atoms with Crippen molar-refractivity contribution in [1.82, 2.24) is 10.2 Å². The number of rotatable bonds is 7. The Morgan fingerprint density at radius 3 is 2.24 bits per heavy atom. The third kappa shape index (κ3) is 6.84. The average molecular weight is 444 g/mol. The van der Waals surface area contributed by atoms with Gasteiger partial charge in [-0.15, -0.1) is 0 Å². The lowest BCUT2D eigenvalue weighted by Crippen LogP contribution is -2.47. The summed E-state index contributed by atoms with van der Waals surface area (Å²) in [5.74, 6) is 1.47.